The average Bonchev–Trinajstić information content (AvgIpc) is 2.87. The molecule has 0 atom stereocenters. The number of nitrogens with one attached hydrogen (secondary N) is 1. The second-order valence-electron chi connectivity index (χ2n) is 11.6. The number of benzene rings is 1. The summed E-state index contributed by atoms with van der Waals surface area (Å²) in [5.74, 6) is 1.32. The van der Waals surface area contributed by atoms with E-state index in [0.717, 1.165) is 76.5 Å². The molecular weight excluding hydrogens is 466 g/mol. The van der Waals surface area contributed by atoms with Crippen LogP contribution >= 0.6 is 0 Å². The second-order valence-corrected chi connectivity index (χ2v) is 11.6. The molecule has 1 amide bonds. The molecule has 9 nitrogen and oxygen atoms in total. The van der Waals surface area contributed by atoms with Crippen LogP contribution < -0.4 is 15.1 Å². The van der Waals surface area contributed by atoms with Crippen LogP contribution in [0.5, 0.6) is 0 Å². The largest absolute Gasteiger partial charge is 0.444 e. The molecule has 3 aliphatic heterocycles. The summed E-state index contributed by atoms with van der Waals surface area (Å²) in [7, 11) is 0. The number of aromatic nitrogens is 2. The van der Waals surface area contributed by atoms with Crippen molar-refractivity contribution in [2.45, 2.75) is 58.5 Å². The summed E-state index contributed by atoms with van der Waals surface area (Å²) in [6.45, 7) is 11.2. The number of nitrogens with zero attached hydrogens (tertiary/aromatic N) is 6. The van der Waals surface area contributed by atoms with Crippen LogP contribution in [-0.2, 0) is 4.74 Å². The first kappa shape index (κ1) is 25.1. The zero-order valence-corrected chi connectivity index (χ0v) is 22.2. The summed E-state index contributed by atoms with van der Waals surface area (Å²) in [5.41, 5.74) is 2.12. The third-order valence-corrected chi connectivity index (χ3v) is 7.57. The Bertz CT molecular complexity index is 1150. The highest BCUT2D eigenvalue weighted by atomic mass is 16.6. The van der Waals surface area contributed by atoms with Crippen LogP contribution in [0.15, 0.2) is 30.5 Å². The highest BCUT2D eigenvalue weighted by molar-refractivity contribution is 5.69. The van der Waals surface area contributed by atoms with Gasteiger partial charge in [-0.05, 0) is 77.1 Å². The van der Waals surface area contributed by atoms with Crippen LogP contribution in [0.2, 0.25) is 0 Å². The monoisotopic (exact) mass is 503 g/mol. The van der Waals surface area contributed by atoms with Crippen LogP contribution in [0.1, 0.15) is 58.6 Å². The Hall–Kier alpha value is -3.54. The van der Waals surface area contributed by atoms with Gasteiger partial charge in [-0.25, -0.2) is 14.8 Å². The number of carbonyl (C=O) groups excluding carboxylic acids is 1. The van der Waals surface area contributed by atoms with Crippen LogP contribution in [0, 0.1) is 16.7 Å². The Labute approximate surface area is 219 Å². The molecule has 1 N–H and O–H groups in total. The molecule has 0 aliphatic carbocycles. The Morgan fingerprint density at radius 1 is 1.03 bits per heavy atom. The van der Waals surface area contributed by atoms with Crippen LogP contribution in [0.3, 0.4) is 0 Å². The normalized spacial score (nSPS) is 19.2. The third kappa shape index (κ3) is 5.74. The summed E-state index contributed by atoms with van der Waals surface area (Å²) in [6.07, 6.45) is 7.20. The van der Waals surface area contributed by atoms with Crippen molar-refractivity contribution in [3.8, 4) is 6.07 Å². The Morgan fingerprint density at radius 2 is 1.70 bits per heavy atom. The van der Waals surface area contributed by atoms with E-state index in [0.29, 0.717) is 11.5 Å². The molecule has 0 radical (unpaired) electrons. The van der Waals surface area contributed by atoms with Crippen molar-refractivity contribution in [1.29, 1.82) is 5.26 Å². The van der Waals surface area contributed by atoms with Gasteiger partial charge in [0.15, 0.2) is 11.5 Å². The minimum Gasteiger partial charge on any atom is -0.444 e. The number of piperidine rings is 2. The second kappa shape index (κ2) is 10.1. The van der Waals surface area contributed by atoms with Gasteiger partial charge in [-0.15, -0.1) is 0 Å². The van der Waals surface area contributed by atoms with E-state index in [4.69, 9.17) is 9.72 Å². The summed E-state index contributed by atoms with van der Waals surface area (Å²) in [5, 5.41) is 12.8. The molecule has 1 spiro atoms. The summed E-state index contributed by atoms with van der Waals surface area (Å²) < 4.78 is 5.51. The van der Waals surface area contributed by atoms with Crippen LogP contribution in [-0.4, -0.2) is 65.8 Å². The number of likely N-dealkylation sites (tertiary alicyclic amines) is 1. The molecule has 0 bridgehead atoms. The molecule has 3 saturated heterocycles. The van der Waals surface area contributed by atoms with Crippen molar-refractivity contribution in [3.63, 3.8) is 0 Å². The highest BCUT2D eigenvalue weighted by Gasteiger charge is 2.47. The van der Waals surface area contributed by atoms with Crippen molar-refractivity contribution in [1.82, 2.24) is 14.9 Å². The summed E-state index contributed by atoms with van der Waals surface area (Å²) in [6, 6.07) is 10.4. The molecule has 0 saturated carbocycles. The van der Waals surface area contributed by atoms with Gasteiger partial charge in [0.05, 0.1) is 6.20 Å². The van der Waals surface area contributed by atoms with E-state index < -0.39 is 5.60 Å². The molecule has 196 valence electrons. The van der Waals surface area contributed by atoms with Crippen molar-refractivity contribution < 1.29 is 9.53 Å². The smallest absolute Gasteiger partial charge is 0.410 e. The van der Waals surface area contributed by atoms with E-state index in [1.165, 1.54) is 12.1 Å². The van der Waals surface area contributed by atoms with E-state index in [9.17, 15) is 10.1 Å². The number of amides is 1. The van der Waals surface area contributed by atoms with Gasteiger partial charge in [0.25, 0.3) is 0 Å². The number of carbonyl (C=O) groups is 1. The predicted molar refractivity (Wildman–Crippen MR) is 144 cm³/mol. The van der Waals surface area contributed by atoms with Gasteiger partial charge in [0, 0.05) is 56.1 Å². The molecule has 1 aromatic carbocycles. The maximum atomic E-state index is 12.3. The molecule has 1 aromatic heterocycles. The van der Waals surface area contributed by atoms with Crippen molar-refractivity contribution in [3.05, 3.63) is 36.2 Å². The standard InChI is InChI=1S/C28H37N7O2/c1-27(2,3)37-26(36)35-19-28(20-35)11-15-33(16-12-28)22-9-7-21(8-10-22)31-25-23(17-29)30-18-24(32-25)34-13-5-4-6-14-34/h7-10,18H,4-6,11-16,19-20H2,1-3H3,(H,31,32). The summed E-state index contributed by atoms with van der Waals surface area (Å²) >= 11 is 0. The molecule has 9 heteroatoms. The topological polar surface area (TPSA) is 97.6 Å². The first-order valence-electron chi connectivity index (χ1n) is 13.4. The number of nitriles is 1. The Morgan fingerprint density at radius 3 is 2.32 bits per heavy atom. The first-order chi connectivity index (χ1) is 17.7. The lowest BCUT2D eigenvalue weighted by Crippen LogP contribution is -2.62. The van der Waals surface area contributed by atoms with E-state index in [1.54, 1.807) is 6.20 Å². The molecule has 3 fully saturated rings. The van der Waals surface area contributed by atoms with Gasteiger partial charge in [-0.2, -0.15) is 5.26 Å². The number of hydrogen-bond acceptors (Lipinski definition) is 8. The molecule has 4 heterocycles. The van der Waals surface area contributed by atoms with E-state index in [1.807, 2.05) is 37.8 Å². The molecule has 0 unspecified atom stereocenters. The third-order valence-electron chi connectivity index (χ3n) is 7.57. The van der Waals surface area contributed by atoms with Crippen LogP contribution in [0.4, 0.5) is 27.8 Å². The zero-order valence-electron chi connectivity index (χ0n) is 22.2. The fourth-order valence-corrected chi connectivity index (χ4v) is 5.49. The van der Waals surface area contributed by atoms with Gasteiger partial charge in [0.1, 0.15) is 17.5 Å². The van der Waals surface area contributed by atoms with Crippen molar-refractivity contribution in [2.75, 3.05) is 54.4 Å². The number of hydrogen-bond donors (Lipinski definition) is 1. The quantitative estimate of drug-likeness (QED) is 0.628. The average molecular weight is 504 g/mol. The van der Waals surface area contributed by atoms with Gasteiger partial charge in [-0.1, -0.05) is 0 Å². The molecule has 2 aromatic rings. The lowest BCUT2D eigenvalue weighted by molar-refractivity contribution is -0.0434. The Balaban J connectivity index is 1.17. The van der Waals surface area contributed by atoms with Gasteiger partial charge >= 0.3 is 6.09 Å². The highest BCUT2D eigenvalue weighted by Crippen LogP contribution is 2.42. The van der Waals surface area contributed by atoms with Crippen LogP contribution in [0.25, 0.3) is 0 Å². The maximum Gasteiger partial charge on any atom is 0.410 e. The fourth-order valence-electron chi connectivity index (χ4n) is 5.49. The SMILES string of the molecule is CC(C)(C)OC(=O)N1CC2(CCN(c3ccc(Nc4nc(N5CCCCC5)cnc4C#N)cc3)CC2)C1. The summed E-state index contributed by atoms with van der Waals surface area (Å²) in [4.78, 5) is 27.9. The number of rotatable bonds is 4. The maximum absolute atomic E-state index is 12.3. The lowest BCUT2D eigenvalue weighted by atomic mass is 9.72. The molecule has 3 aliphatic rings. The number of anilines is 4. The molecule has 37 heavy (non-hydrogen) atoms. The Kier molecular flexibility index (Phi) is 6.84. The van der Waals surface area contributed by atoms with Crippen molar-refractivity contribution >= 4 is 29.1 Å². The molecule has 5 rings (SSSR count). The number of ether oxygens (including phenoxy) is 1. The fraction of sp³-hybridized carbons (Fsp3) is 0.571. The molecular formula is C28H37N7O2. The van der Waals surface area contributed by atoms with Gasteiger partial charge in [0.2, 0.25) is 0 Å². The van der Waals surface area contributed by atoms with E-state index >= 15 is 0 Å². The van der Waals surface area contributed by atoms with Crippen molar-refractivity contribution in [2.24, 2.45) is 5.41 Å². The van der Waals surface area contributed by atoms with Gasteiger partial charge < -0.3 is 24.8 Å². The lowest BCUT2D eigenvalue weighted by Gasteiger charge is -2.54. The van der Waals surface area contributed by atoms with E-state index in [-0.39, 0.29) is 11.5 Å². The predicted octanol–water partition coefficient (Wildman–Crippen LogP) is 4.92. The van der Waals surface area contributed by atoms with Gasteiger partial charge in [-0.3, -0.25) is 0 Å². The minimum atomic E-state index is -0.455. The van der Waals surface area contributed by atoms with E-state index in [2.05, 4.69) is 38.3 Å². The minimum absolute atomic E-state index is 0.200. The first-order valence-corrected chi connectivity index (χ1v) is 13.4. The zero-order chi connectivity index (χ0) is 26.0.